The van der Waals surface area contributed by atoms with Crippen LogP contribution in [0.5, 0.6) is 0 Å². The van der Waals surface area contributed by atoms with Crippen LogP contribution in [-0.2, 0) is 9.59 Å². The highest BCUT2D eigenvalue weighted by molar-refractivity contribution is 5.81. The second-order valence-electron chi connectivity index (χ2n) is 4.49. The van der Waals surface area contributed by atoms with Crippen LogP contribution in [0.3, 0.4) is 0 Å². The molecule has 0 aromatic heterocycles. The molecular formula is C13H18F3N3O3. The Morgan fingerprint density at radius 3 is 1.91 bits per heavy atom. The summed E-state index contributed by atoms with van der Waals surface area (Å²) < 4.78 is 31.7. The van der Waals surface area contributed by atoms with Crippen molar-refractivity contribution in [2.45, 2.75) is 32.1 Å². The number of carboxylic acids is 1. The zero-order chi connectivity index (χ0) is 17.5. The summed E-state index contributed by atoms with van der Waals surface area (Å²) in [6.07, 6.45) is -5.08. The van der Waals surface area contributed by atoms with Crippen molar-refractivity contribution in [3.63, 3.8) is 0 Å². The molecule has 0 heterocycles. The van der Waals surface area contributed by atoms with Gasteiger partial charge in [-0.3, -0.25) is 4.79 Å². The first kappa shape index (κ1) is 19.7. The molecule has 0 radical (unpaired) electrons. The van der Waals surface area contributed by atoms with Crippen LogP contribution in [0, 0.1) is 0 Å². The third kappa shape index (κ3) is 7.48. The number of aliphatic carboxylic acids is 1. The number of nitrogen functional groups attached to an aromatic ring is 1. The number of rotatable bonds is 3. The molecule has 0 bridgehead atoms. The normalized spacial score (nSPS) is 13.4. The van der Waals surface area contributed by atoms with Crippen molar-refractivity contribution in [2.24, 2.45) is 5.73 Å². The molecule has 2 atom stereocenters. The Balaban J connectivity index is 0.000000534. The maximum Gasteiger partial charge on any atom is 0.490 e. The van der Waals surface area contributed by atoms with E-state index in [-0.39, 0.29) is 11.9 Å². The molecule has 6 N–H and O–H groups in total. The molecule has 0 unspecified atom stereocenters. The molecule has 0 aliphatic heterocycles. The summed E-state index contributed by atoms with van der Waals surface area (Å²) >= 11 is 0. The molecule has 6 nitrogen and oxygen atoms in total. The van der Waals surface area contributed by atoms with Gasteiger partial charge >= 0.3 is 12.1 Å². The maximum atomic E-state index is 11.3. The lowest BCUT2D eigenvalue weighted by Gasteiger charge is -2.15. The van der Waals surface area contributed by atoms with Crippen molar-refractivity contribution in [2.75, 3.05) is 5.73 Å². The van der Waals surface area contributed by atoms with Gasteiger partial charge < -0.3 is 21.9 Å². The first-order valence-electron chi connectivity index (χ1n) is 6.16. The van der Waals surface area contributed by atoms with E-state index in [4.69, 9.17) is 21.4 Å². The Labute approximate surface area is 125 Å². The van der Waals surface area contributed by atoms with Gasteiger partial charge in [-0.05, 0) is 31.5 Å². The van der Waals surface area contributed by atoms with Crippen LogP contribution < -0.4 is 16.8 Å². The fourth-order valence-electron chi connectivity index (χ4n) is 1.21. The van der Waals surface area contributed by atoms with E-state index in [0.29, 0.717) is 5.69 Å². The number of benzene rings is 1. The van der Waals surface area contributed by atoms with Crippen molar-refractivity contribution in [1.29, 1.82) is 0 Å². The summed E-state index contributed by atoms with van der Waals surface area (Å²) in [5.41, 5.74) is 12.7. The van der Waals surface area contributed by atoms with E-state index in [9.17, 15) is 18.0 Å². The highest BCUT2D eigenvalue weighted by Crippen LogP contribution is 2.14. The molecule has 0 spiro atoms. The highest BCUT2D eigenvalue weighted by Gasteiger charge is 2.38. The Kier molecular flexibility index (Phi) is 7.37. The van der Waals surface area contributed by atoms with Crippen molar-refractivity contribution in [3.05, 3.63) is 29.8 Å². The number of carboxylic acid groups (broad SMARTS) is 1. The Morgan fingerprint density at radius 1 is 1.18 bits per heavy atom. The van der Waals surface area contributed by atoms with E-state index < -0.39 is 18.2 Å². The van der Waals surface area contributed by atoms with Crippen molar-refractivity contribution >= 4 is 17.6 Å². The summed E-state index contributed by atoms with van der Waals surface area (Å²) in [4.78, 5) is 20.2. The number of carbonyl (C=O) groups is 2. The van der Waals surface area contributed by atoms with Crippen LogP contribution in [0.25, 0.3) is 0 Å². The molecule has 9 heteroatoms. The zero-order valence-electron chi connectivity index (χ0n) is 12.0. The largest absolute Gasteiger partial charge is 0.490 e. The van der Waals surface area contributed by atoms with Gasteiger partial charge in [0.05, 0.1) is 12.1 Å². The topological polar surface area (TPSA) is 118 Å². The number of carbonyl (C=O) groups excluding carboxylic acids is 1. The SMILES string of the molecule is C[C@H](N)C(=O)N[C@H](C)c1ccc(N)cc1.O=C(O)C(F)(F)F. The molecule has 1 aromatic carbocycles. The summed E-state index contributed by atoms with van der Waals surface area (Å²) in [7, 11) is 0. The fourth-order valence-corrected chi connectivity index (χ4v) is 1.21. The van der Waals surface area contributed by atoms with Crippen molar-refractivity contribution in [3.8, 4) is 0 Å². The van der Waals surface area contributed by atoms with Gasteiger partial charge in [0.15, 0.2) is 0 Å². The standard InChI is InChI=1S/C11H17N3O.C2HF3O2/c1-7(12)11(15)14-8(2)9-3-5-10(13)6-4-9;3-2(4,5)1(6)7/h3-8H,12-13H2,1-2H3,(H,14,15);(H,6,7)/t7-,8+;/m0./s1. The van der Waals surface area contributed by atoms with E-state index >= 15 is 0 Å². The lowest BCUT2D eigenvalue weighted by Crippen LogP contribution is -2.39. The number of anilines is 1. The van der Waals surface area contributed by atoms with Gasteiger partial charge in [-0.1, -0.05) is 12.1 Å². The predicted molar refractivity (Wildman–Crippen MR) is 74.8 cm³/mol. The molecular weight excluding hydrogens is 303 g/mol. The predicted octanol–water partition coefficient (Wildman–Crippen LogP) is 1.43. The number of nitrogens with one attached hydrogen (secondary N) is 1. The molecule has 0 fully saturated rings. The number of amides is 1. The van der Waals surface area contributed by atoms with Gasteiger partial charge in [0.2, 0.25) is 5.91 Å². The lowest BCUT2D eigenvalue weighted by molar-refractivity contribution is -0.192. The summed E-state index contributed by atoms with van der Waals surface area (Å²) in [6.45, 7) is 3.57. The van der Waals surface area contributed by atoms with Crippen LogP contribution in [0.4, 0.5) is 18.9 Å². The number of halogens is 3. The average molecular weight is 321 g/mol. The van der Waals surface area contributed by atoms with Crippen LogP contribution in [0.2, 0.25) is 0 Å². The second kappa shape index (κ2) is 8.23. The fraction of sp³-hybridized carbons (Fsp3) is 0.385. The van der Waals surface area contributed by atoms with Crippen LogP contribution in [0.15, 0.2) is 24.3 Å². The third-order valence-corrected chi connectivity index (χ3v) is 2.45. The molecule has 1 amide bonds. The van der Waals surface area contributed by atoms with Gasteiger partial charge in [0, 0.05) is 5.69 Å². The van der Waals surface area contributed by atoms with Gasteiger partial charge in [-0.15, -0.1) is 0 Å². The van der Waals surface area contributed by atoms with Crippen molar-refractivity contribution < 1.29 is 27.9 Å². The molecule has 1 rings (SSSR count). The van der Waals surface area contributed by atoms with E-state index in [2.05, 4.69) is 5.32 Å². The van der Waals surface area contributed by atoms with E-state index in [1.165, 1.54) is 0 Å². The third-order valence-electron chi connectivity index (χ3n) is 2.45. The van der Waals surface area contributed by atoms with Gasteiger partial charge in [0.1, 0.15) is 0 Å². The summed E-state index contributed by atoms with van der Waals surface area (Å²) in [5.74, 6) is -2.91. The number of hydrogen-bond donors (Lipinski definition) is 4. The highest BCUT2D eigenvalue weighted by atomic mass is 19.4. The Bertz CT molecular complexity index is 501. The molecule has 0 saturated carbocycles. The van der Waals surface area contributed by atoms with E-state index in [1.54, 1.807) is 6.92 Å². The van der Waals surface area contributed by atoms with Crippen LogP contribution in [0.1, 0.15) is 25.5 Å². The maximum absolute atomic E-state index is 11.3. The van der Waals surface area contributed by atoms with Gasteiger partial charge in [-0.2, -0.15) is 13.2 Å². The van der Waals surface area contributed by atoms with E-state index in [1.807, 2.05) is 31.2 Å². The smallest absolute Gasteiger partial charge is 0.475 e. The molecule has 1 aromatic rings. The van der Waals surface area contributed by atoms with E-state index in [0.717, 1.165) is 5.56 Å². The molecule has 0 aliphatic rings. The number of hydrogen-bond acceptors (Lipinski definition) is 4. The van der Waals surface area contributed by atoms with Gasteiger partial charge in [0.25, 0.3) is 0 Å². The molecule has 0 aliphatic carbocycles. The Hall–Kier alpha value is -2.29. The molecule has 0 saturated heterocycles. The van der Waals surface area contributed by atoms with Crippen molar-refractivity contribution in [1.82, 2.24) is 5.32 Å². The minimum absolute atomic E-state index is 0.0518. The summed E-state index contributed by atoms with van der Waals surface area (Å²) in [5, 5.41) is 9.94. The first-order valence-corrected chi connectivity index (χ1v) is 6.16. The minimum Gasteiger partial charge on any atom is -0.475 e. The second-order valence-corrected chi connectivity index (χ2v) is 4.49. The monoisotopic (exact) mass is 321 g/mol. The molecule has 22 heavy (non-hydrogen) atoms. The molecule has 124 valence electrons. The quantitative estimate of drug-likeness (QED) is 0.628. The number of nitrogens with two attached hydrogens (primary N) is 2. The Morgan fingerprint density at radius 2 is 1.59 bits per heavy atom. The van der Waals surface area contributed by atoms with Crippen LogP contribution in [-0.4, -0.2) is 29.2 Å². The van der Waals surface area contributed by atoms with Crippen LogP contribution >= 0.6 is 0 Å². The summed E-state index contributed by atoms with van der Waals surface area (Å²) in [6, 6.07) is 6.86. The zero-order valence-corrected chi connectivity index (χ0v) is 12.0. The number of alkyl halides is 3. The minimum atomic E-state index is -5.08. The average Bonchev–Trinajstić information content (AvgIpc) is 2.38. The van der Waals surface area contributed by atoms with Gasteiger partial charge in [-0.25, -0.2) is 4.79 Å². The lowest BCUT2D eigenvalue weighted by atomic mass is 10.1. The first-order chi connectivity index (χ1) is 9.95.